The molecule has 0 radical (unpaired) electrons. The van der Waals surface area contributed by atoms with Crippen LogP contribution >= 0.6 is 0 Å². The van der Waals surface area contributed by atoms with Gasteiger partial charge in [0.1, 0.15) is 0 Å². The smallest absolute Gasteiger partial charge is 0.200 e. The third-order valence-electron chi connectivity index (χ3n) is 5.76. The quantitative estimate of drug-likeness (QED) is 0.862. The lowest BCUT2D eigenvalue weighted by molar-refractivity contribution is 0.579. The summed E-state index contributed by atoms with van der Waals surface area (Å²) in [6.45, 7) is 1.94. The average molecular weight is 288 g/mol. The summed E-state index contributed by atoms with van der Waals surface area (Å²) in [5.41, 5.74) is 2.20. The Kier molecular flexibility index (Phi) is 1.85. The standard InChI is InChI=1S/C15H16N2O2S/c1-7-2-4-8(5-3-7)20(18,19)17-16-15-13-9-6-10-12(11(9)13)14(10)15/h2-5,9-14,17H,6H2,1H3/t9-,10+,11?,12?,13?,14?. The normalized spacial score (nSPS) is 44.5. The molecule has 5 rings (SSSR count). The van der Waals surface area contributed by atoms with E-state index < -0.39 is 10.0 Å². The Morgan fingerprint density at radius 3 is 2.25 bits per heavy atom. The minimum atomic E-state index is -3.51. The zero-order valence-electron chi connectivity index (χ0n) is 11.2. The number of nitrogens with one attached hydrogen (secondary N) is 1. The van der Waals surface area contributed by atoms with Crippen molar-refractivity contribution >= 4 is 15.7 Å². The van der Waals surface area contributed by atoms with Crippen LogP contribution in [0.15, 0.2) is 34.3 Å². The number of sulfonamides is 1. The van der Waals surface area contributed by atoms with Crippen molar-refractivity contribution in [3.8, 4) is 0 Å². The molecule has 1 N–H and O–H groups in total. The lowest BCUT2D eigenvalue weighted by atomic mass is 9.99. The van der Waals surface area contributed by atoms with E-state index in [1.165, 1.54) is 6.42 Å². The fourth-order valence-corrected chi connectivity index (χ4v) is 5.68. The fourth-order valence-electron chi connectivity index (χ4n) is 4.86. The summed E-state index contributed by atoms with van der Waals surface area (Å²) in [5.74, 6) is 4.59. The number of hydrazone groups is 1. The molecule has 4 nitrogen and oxygen atoms in total. The first kappa shape index (κ1) is 11.3. The van der Waals surface area contributed by atoms with Crippen LogP contribution in [0.5, 0.6) is 0 Å². The van der Waals surface area contributed by atoms with E-state index in [4.69, 9.17) is 0 Å². The van der Waals surface area contributed by atoms with Gasteiger partial charge in [-0.2, -0.15) is 13.5 Å². The molecular formula is C15H16N2O2S. The van der Waals surface area contributed by atoms with Crippen LogP contribution in [0.3, 0.4) is 0 Å². The highest BCUT2D eigenvalue weighted by Gasteiger charge is 2.82. The number of rotatable bonds is 3. The predicted octanol–water partition coefficient (Wildman–Crippen LogP) is 1.77. The largest absolute Gasteiger partial charge is 0.276 e. The zero-order chi connectivity index (χ0) is 13.6. The van der Waals surface area contributed by atoms with E-state index in [0.29, 0.717) is 11.8 Å². The molecule has 0 aliphatic heterocycles. The van der Waals surface area contributed by atoms with Crippen molar-refractivity contribution in [1.82, 2.24) is 4.83 Å². The first-order valence-corrected chi connectivity index (χ1v) is 8.72. The molecule has 0 bridgehead atoms. The van der Waals surface area contributed by atoms with E-state index in [1.807, 2.05) is 6.92 Å². The van der Waals surface area contributed by atoms with E-state index in [1.54, 1.807) is 24.3 Å². The number of nitrogens with zero attached hydrogens (tertiary/aromatic N) is 1. The van der Waals surface area contributed by atoms with Crippen LogP contribution in [0.4, 0.5) is 0 Å². The summed E-state index contributed by atoms with van der Waals surface area (Å²) < 4.78 is 24.4. The van der Waals surface area contributed by atoms with Crippen molar-refractivity contribution in [2.24, 2.45) is 40.6 Å². The van der Waals surface area contributed by atoms with Crippen molar-refractivity contribution in [3.63, 3.8) is 0 Å². The molecule has 20 heavy (non-hydrogen) atoms. The molecule has 0 aromatic heterocycles. The minimum absolute atomic E-state index is 0.287. The Hall–Kier alpha value is -1.36. The van der Waals surface area contributed by atoms with E-state index in [0.717, 1.165) is 34.9 Å². The average Bonchev–Trinajstić information content (AvgIpc) is 3.25. The van der Waals surface area contributed by atoms with Crippen molar-refractivity contribution in [2.45, 2.75) is 18.2 Å². The molecule has 0 amide bonds. The molecule has 6 atom stereocenters. The van der Waals surface area contributed by atoms with Gasteiger partial charge in [-0.1, -0.05) is 17.7 Å². The first-order valence-electron chi connectivity index (χ1n) is 7.24. The summed E-state index contributed by atoms with van der Waals surface area (Å²) in [6, 6.07) is 6.87. The SMILES string of the molecule is Cc1ccc(S(=O)(=O)NN=C2C3C4C5C2[C@@H]5C[C@H]34)cc1. The topological polar surface area (TPSA) is 58.5 Å². The monoisotopic (exact) mass is 288 g/mol. The molecular weight excluding hydrogens is 272 g/mol. The zero-order valence-corrected chi connectivity index (χ0v) is 12.0. The molecule has 4 unspecified atom stereocenters. The summed E-state index contributed by atoms with van der Waals surface area (Å²) in [6.07, 6.45) is 1.37. The Bertz CT molecular complexity index is 716. The minimum Gasteiger partial charge on any atom is -0.200 e. The fraction of sp³-hybridized carbons (Fsp3) is 0.533. The molecule has 1 aromatic rings. The Labute approximate surface area is 118 Å². The van der Waals surface area contributed by atoms with Gasteiger partial charge in [0.2, 0.25) is 0 Å². The summed E-state index contributed by atoms with van der Waals surface area (Å²) in [4.78, 5) is 2.74. The highest BCUT2D eigenvalue weighted by molar-refractivity contribution is 7.89. The van der Waals surface area contributed by atoms with Gasteiger partial charge in [-0.3, -0.25) is 0 Å². The molecule has 4 saturated carbocycles. The number of hydrogen-bond acceptors (Lipinski definition) is 3. The second kappa shape index (κ2) is 3.27. The maximum Gasteiger partial charge on any atom is 0.276 e. The van der Waals surface area contributed by atoms with Crippen LogP contribution in [-0.2, 0) is 10.0 Å². The molecule has 4 fully saturated rings. The molecule has 1 aromatic carbocycles. The van der Waals surface area contributed by atoms with E-state index in [-0.39, 0.29) is 4.90 Å². The third-order valence-corrected chi connectivity index (χ3v) is 6.98. The second-order valence-electron chi connectivity index (χ2n) is 6.71. The van der Waals surface area contributed by atoms with Gasteiger partial charge in [0, 0.05) is 17.5 Å². The van der Waals surface area contributed by atoms with E-state index >= 15 is 0 Å². The van der Waals surface area contributed by atoms with Crippen LogP contribution in [0, 0.1) is 42.4 Å². The second-order valence-corrected chi connectivity index (χ2v) is 8.37. The van der Waals surface area contributed by atoms with Gasteiger partial charge in [0.05, 0.1) is 4.90 Å². The van der Waals surface area contributed by atoms with Gasteiger partial charge in [0.15, 0.2) is 0 Å². The first-order chi connectivity index (χ1) is 9.58. The maximum absolute atomic E-state index is 12.2. The molecule has 104 valence electrons. The van der Waals surface area contributed by atoms with Gasteiger partial charge in [0.25, 0.3) is 10.0 Å². The predicted molar refractivity (Wildman–Crippen MR) is 74.5 cm³/mol. The van der Waals surface area contributed by atoms with Gasteiger partial charge in [-0.15, -0.1) is 0 Å². The number of benzene rings is 1. The Balaban J connectivity index is 1.41. The van der Waals surface area contributed by atoms with Gasteiger partial charge in [-0.05, 0) is 49.1 Å². The van der Waals surface area contributed by atoms with Crippen molar-refractivity contribution < 1.29 is 8.42 Å². The van der Waals surface area contributed by atoms with Crippen molar-refractivity contribution in [1.29, 1.82) is 0 Å². The summed E-state index contributed by atoms with van der Waals surface area (Å²) in [7, 11) is -3.51. The van der Waals surface area contributed by atoms with E-state index in [2.05, 4.69) is 9.93 Å². The summed E-state index contributed by atoms with van der Waals surface area (Å²) >= 11 is 0. The van der Waals surface area contributed by atoms with Crippen LogP contribution in [0.2, 0.25) is 0 Å². The number of aryl methyl sites for hydroxylation is 1. The van der Waals surface area contributed by atoms with Gasteiger partial charge < -0.3 is 0 Å². The van der Waals surface area contributed by atoms with Crippen molar-refractivity contribution in [2.75, 3.05) is 0 Å². The van der Waals surface area contributed by atoms with Crippen LogP contribution in [0.1, 0.15) is 12.0 Å². The molecule has 0 saturated heterocycles. The van der Waals surface area contributed by atoms with Crippen LogP contribution in [-0.4, -0.2) is 14.1 Å². The molecule has 0 spiro atoms. The number of hydrogen-bond donors (Lipinski definition) is 1. The van der Waals surface area contributed by atoms with Crippen LogP contribution in [0.25, 0.3) is 0 Å². The lowest BCUT2D eigenvalue weighted by Crippen LogP contribution is -2.23. The van der Waals surface area contributed by atoms with Gasteiger partial charge >= 0.3 is 0 Å². The van der Waals surface area contributed by atoms with Crippen molar-refractivity contribution in [3.05, 3.63) is 29.8 Å². The third kappa shape index (κ3) is 1.27. The summed E-state index contributed by atoms with van der Waals surface area (Å²) in [5, 5.41) is 4.30. The molecule has 4 aliphatic rings. The van der Waals surface area contributed by atoms with Crippen LogP contribution < -0.4 is 4.83 Å². The molecule has 4 aliphatic carbocycles. The maximum atomic E-state index is 12.2. The highest BCUT2D eigenvalue weighted by atomic mass is 32.2. The Morgan fingerprint density at radius 2 is 1.70 bits per heavy atom. The van der Waals surface area contributed by atoms with Gasteiger partial charge in [-0.25, -0.2) is 4.83 Å². The Morgan fingerprint density at radius 1 is 1.10 bits per heavy atom. The lowest BCUT2D eigenvalue weighted by Gasteiger charge is -2.11. The van der Waals surface area contributed by atoms with E-state index in [9.17, 15) is 8.42 Å². The molecule has 0 heterocycles. The molecule has 5 heteroatoms. The number of fused-ring (bicyclic) bond motifs is 2. The highest BCUT2D eigenvalue weighted by Crippen LogP contribution is 2.82.